The van der Waals surface area contributed by atoms with Gasteiger partial charge in [-0.2, -0.15) is 0 Å². The monoisotopic (exact) mass is 450 g/mol. The molecule has 1 N–H and O–H groups in total. The fraction of sp³-hybridized carbons (Fsp3) is 0.269. The van der Waals surface area contributed by atoms with Gasteiger partial charge in [-0.25, -0.2) is 8.42 Å². The fourth-order valence-corrected chi connectivity index (χ4v) is 4.38. The first kappa shape index (κ1) is 23.5. The summed E-state index contributed by atoms with van der Waals surface area (Å²) in [6, 6.07) is 24.5. The van der Waals surface area contributed by atoms with E-state index < -0.39 is 10.0 Å². The number of benzene rings is 3. The maximum Gasteiger partial charge on any atom is 0.241 e. The first-order valence-electron chi connectivity index (χ1n) is 10.6. The first-order chi connectivity index (χ1) is 15.1. The molecule has 3 aromatic carbocycles. The van der Waals surface area contributed by atoms with E-state index in [1.54, 1.807) is 12.1 Å². The second-order valence-corrected chi connectivity index (χ2v) is 10.2. The Hall–Kier alpha value is -3.12. The van der Waals surface area contributed by atoms with Crippen molar-refractivity contribution in [2.75, 3.05) is 17.1 Å². The summed E-state index contributed by atoms with van der Waals surface area (Å²) in [5, 5.41) is 3.03. The Morgan fingerprint density at radius 2 is 1.38 bits per heavy atom. The molecule has 5 nitrogen and oxygen atoms in total. The topological polar surface area (TPSA) is 66.5 Å². The Bertz CT molecular complexity index is 1140. The van der Waals surface area contributed by atoms with Gasteiger partial charge in [0.05, 0.1) is 18.0 Å². The molecule has 0 heterocycles. The lowest BCUT2D eigenvalue weighted by Crippen LogP contribution is -2.41. The number of sulfonamides is 1. The van der Waals surface area contributed by atoms with E-state index in [0.29, 0.717) is 11.6 Å². The van der Waals surface area contributed by atoms with Gasteiger partial charge in [-0.05, 0) is 41.7 Å². The molecule has 0 saturated carbocycles. The molecule has 0 spiro atoms. The smallest absolute Gasteiger partial charge is 0.241 e. The number of hydrogen-bond donors (Lipinski definition) is 1. The molecule has 0 saturated heterocycles. The largest absolute Gasteiger partial charge is 0.344 e. The molecular weight excluding hydrogens is 420 g/mol. The number of rotatable bonds is 8. The molecular formula is C26H30N2O3S. The summed E-state index contributed by atoms with van der Waals surface area (Å²) in [5.74, 6) is -0.0436. The highest BCUT2D eigenvalue weighted by molar-refractivity contribution is 7.92. The van der Waals surface area contributed by atoms with Gasteiger partial charge in [0.25, 0.3) is 0 Å². The quantitative estimate of drug-likeness (QED) is 0.537. The van der Waals surface area contributed by atoms with Crippen molar-refractivity contribution >= 4 is 21.6 Å². The van der Waals surface area contributed by atoms with E-state index in [1.165, 1.54) is 0 Å². The predicted octanol–water partition coefficient (Wildman–Crippen LogP) is 4.79. The highest BCUT2D eigenvalue weighted by Gasteiger charge is 2.24. The van der Waals surface area contributed by atoms with Gasteiger partial charge in [-0.1, -0.05) is 86.1 Å². The van der Waals surface area contributed by atoms with Crippen LogP contribution in [0.3, 0.4) is 0 Å². The summed E-state index contributed by atoms with van der Waals surface area (Å²) in [6.07, 6.45) is 1.12. The van der Waals surface area contributed by atoms with Crippen LogP contribution in [0.4, 0.5) is 5.69 Å². The average Bonchev–Trinajstić information content (AvgIpc) is 2.76. The Kier molecular flexibility index (Phi) is 7.36. The van der Waals surface area contributed by atoms with Crippen LogP contribution < -0.4 is 9.62 Å². The van der Waals surface area contributed by atoms with Crippen molar-refractivity contribution in [1.29, 1.82) is 0 Å². The van der Waals surface area contributed by atoms with E-state index >= 15 is 0 Å². The number of carbonyl (C=O) groups excluding carboxylic acids is 1. The summed E-state index contributed by atoms with van der Waals surface area (Å²) >= 11 is 0. The van der Waals surface area contributed by atoms with Crippen molar-refractivity contribution in [2.24, 2.45) is 0 Å². The zero-order chi connectivity index (χ0) is 23.3. The maximum atomic E-state index is 13.1. The van der Waals surface area contributed by atoms with Crippen LogP contribution in [0.25, 0.3) is 0 Å². The van der Waals surface area contributed by atoms with Gasteiger partial charge in [0.2, 0.25) is 15.9 Å². The van der Waals surface area contributed by atoms with E-state index in [4.69, 9.17) is 0 Å². The maximum absolute atomic E-state index is 13.1. The van der Waals surface area contributed by atoms with E-state index in [0.717, 1.165) is 32.8 Å². The molecule has 32 heavy (non-hydrogen) atoms. The van der Waals surface area contributed by atoms with Crippen LogP contribution in [-0.4, -0.2) is 27.1 Å². The second-order valence-electron chi connectivity index (χ2n) is 8.34. The normalized spacial score (nSPS) is 12.4. The van der Waals surface area contributed by atoms with Gasteiger partial charge in [0.15, 0.2) is 0 Å². The standard InChI is InChI=1S/C26H30N2O3S/c1-19(2)21-14-16-24(17-15-21)28(32(4,30)31)18-25(29)27-26(22-8-6-5-7-9-22)23-12-10-20(3)11-13-23/h5-17,19,26H,18H2,1-4H3,(H,27,29)/t26-/m0/s1. The van der Waals surface area contributed by atoms with E-state index in [2.05, 4.69) is 19.2 Å². The van der Waals surface area contributed by atoms with Crippen molar-refractivity contribution in [3.8, 4) is 0 Å². The van der Waals surface area contributed by atoms with Gasteiger partial charge in [-0.3, -0.25) is 9.10 Å². The number of hydrogen-bond acceptors (Lipinski definition) is 3. The van der Waals surface area contributed by atoms with Crippen LogP contribution in [0, 0.1) is 6.92 Å². The molecule has 0 bridgehead atoms. The van der Waals surface area contributed by atoms with Crippen LogP contribution in [-0.2, 0) is 14.8 Å². The zero-order valence-corrected chi connectivity index (χ0v) is 19.8. The highest BCUT2D eigenvalue weighted by atomic mass is 32.2. The molecule has 0 aromatic heterocycles. The molecule has 6 heteroatoms. The van der Waals surface area contributed by atoms with Crippen molar-refractivity contribution in [1.82, 2.24) is 5.32 Å². The minimum absolute atomic E-state index is 0.297. The van der Waals surface area contributed by atoms with Gasteiger partial charge in [-0.15, -0.1) is 0 Å². The summed E-state index contributed by atoms with van der Waals surface area (Å²) < 4.78 is 26.1. The Balaban J connectivity index is 1.86. The molecule has 168 valence electrons. The van der Waals surface area contributed by atoms with Gasteiger partial charge in [0, 0.05) is 0 Å². The number of amides is 1. The van der Waals surface area contributed by atoms with Crippen molar-refractivity contribution < 1.29 is 13.2 Å². The van der Waals surface area contributed by atoms with Crippen molar-refractivity contribution in [3.05, 3.63) is 101 Å². The molecule has 0 aliphatic heterocycles. The van der Waals surface area contributed by atoms with Crippen LogP contribution in [0.2, 0.25) is 0 Å². The van der Waals surface area contributed by atoms with Crippen molar-refractivity contribution in [3.63, 3.8) is 0 Å². The molecule has 3 aromatic rings. The minimum atomic E-state index is -3.64. The lowest BCUT2D eigenvalue weighted by atomic mass is 9.98. The number of nitrogens with one attached hydrogen (secondary N) is 1. The van der Waals surface area contributed by atoms with Gasteiger partial charge < -0.3 is 5.32 Å². The molecule has 1 atom stereocenters. The Morgan fingerprint density at radius 1 is 0.844 bits per heavy atom. The number of anilines is 1. The summed E-state index contributed by atoms with van der Waals surface area (Å²) in [6.45, 7) is 5.86. The Morgan fingerprint density at radius 3 is 1.91 bits per heavy atom. The predicted molar refractivity (Wildman–Crippen MR) is 130 cm³/mol. The number of nitrogens with zero attached hydrogens (tertiary/aromatic N) is 1. The summed E-state index contributed by atoms with van der Waals surface area (Å²) in [7, 11) is -3.64. The third kappa shape index (κ3) is 5.98. The lowest BCUT2D eigenvalue weighted by Gasteiger charge is -2.25. The minimum Gasteiger partial charge on any atom is -0.344 e. The molecule has 0 unspecified atom stereocenters. The van der Waals surface area contributed by atoms with Gasteiger partial charge >= 0.3 is 0 Å². The fourth-order valence-electron chi connectivity index (χ4n) is 3.53. The molecule has 0 aliphatic rings. The highest BCUT2D eigenvalue weighted by Crippen LogP contribution is 2.24. The molecule has 1 amide bonds. The van der Waals surface area contributed by atoms with Crippen LogP contribution >= 0.6 is 0 Å². The van der Waals surface area contributed by atoms with E-state index in [1.807, 2.05) is 73.7 Å². The van der Waals surface area contributed by atoms with Crippen LogP contribution in [0.15, 0.2) is 78.9 Å². The van der Waals surface area contributed by atoms with Gasteiger partial charge in [0.1, 0.15) is 6.54 Å². The summed E-state index contributed by atoms with van der Waals surface area (Å²) in [5.41, 5.74) is 4.56. The molecule has 0 radical (unpaired) electrons. The molecule has 3 rings (SSSR count). The SMILES string of the molecule is Cc1ccc([C@@H](NC(=O)CN(c2ccc(C(C)C)cc2)S(C)(=O)=O)c2ccccc2)cc1. The average molecular weight is 451 g/mol. The Labute approximate surface area is 191 Å². The first-order valence-corrected chi connectivity index (χ1v) is 12.5. The van der Waals surface area contributed by atoms with Crippen LogP contribution in [0.1, 0.15) is 48.1 Å². The number of aryl methyl sites for hydroxylation is 1. The zero-order valence-electron chi connectivity index (χ0n) is 18.9. The molecule has 0 aliphatic carbocycles. The molecule has 0 fully saturated rings. The lowest BCUT2D eigenvalue weighted by molar-refractivity contribution is -0.120. The van der Waals surface area contributed by atoms with E-state index in [9.17, 15) is 13.2 Å². The summed E-state index contributed by atoms with van der Waals surface area (Å²) in [4.78, 5) is 13.1. The number of carbonyl (C=O) groups is 1. The van der Waals surface area contributed by atoms with Crippen molar-refractivity contribution in [2.45, 2.75) is 32.7 Å². The third-order valence-electron chi connectivity index (χ3n) is 5.38. The second kappa shape index (κ2) is 10.0. The third-order valence-corrected chi connectivity index (χ3v) is 6.52. The van der Waals surface area contributed by atoms with E-state index in [-0.39, 0.29) is 18.5 Å². The van der Waals surface area contributed by atoms with Crippen LogP contribution in [0.5, 0.6) is 0 Å².